The zero-order valence-corrected chi connectivity index (χ0v) is 10.6. The molecule has 1 aromatic carbocycles. The lowest BCUT2D eigenvalue weighted by molar-refractivity contribution is 0.431. The standard InChI is InChI=1S/C14H19F2N/c1-14(2,3)17-7-5-4-6-11-8-12(15)10-13(16)9-11/h4,6,8-10,17H,5,7H2,1-3H3. The molecule has 0 aliphatic rings. The molecule has 0 aliphatic heterocycles. The summed E-state index contributed by atoms with van der Waals surface area (Å²) in [5, 5.41) is 3.33. The average Bonchev–Trinajstić information content (AvgIpc) is 2.13. The third-order valence-corrected chi connectivity index (χ3v) is 2.16. The molecule has 1 rings (SSSR count). The van der Waals surface area contributed by atoms with Crippen molar-refractivity contribution in [2.24, 2.45) is 0 Å². The van der Waals surface area contributed by atoms with Crippen molar-refractivity contribution in [2.75, 3.05) is 6.54 Å². The van der Waals surface area contributed by atoms with Gasteiger partial charge in [-0.1, -0.05) is 12.2 Å². The van der Waals surface area contributed by atoms with Crippen LogP contribution in [0.2, 0.25) is 0 Å². The van der Waals surface area contributed by atoms with E-state index in [1.807, 2.05) is 6.08 Å². The summed E-state index contributed by atoms with van der Waals surface area (Å²) in [5.74, 6) is -1.09. The van der Waals surface area contributed by atoms with E-state index in [4.69, 9.17) is 0 Å². The molecule has 0 heterocycles. The van der Waals surface area contributed by atoms with Crippen LogP contribution < -0.4 is 5.32 Å². The second-order valence-electron chi connectivity index (χ2n) is 5.07. The SMILES string of the molecule is CC(C)(C)NCCC=Cc1cc(F)cc(F)c1. The highest BCUT2D eigenvalue weighted by Gasteiger charge is 2.06. The minimum absolute atomic E-state index is 0.0960. The second-order valence-corrected chi connectivity index (χ2v) is 5.07. The smallest absolute Gasteiger partial charge is 0.126 e. The number of rotatable bonds is 4. The number of hydrogen-bond acceptors (Lipinski definition) is 1. The molecule has 0 saturated carbocycles. The molecule has 3 heteroatoms. The molecule has 17 heavy (non-hydrogen) atoms. The summed E-state index contributed by atoms with van der Waals surface area (Å²) in [7, 11) is 0. The summed E-state index contributed by atoms with van der Waals surface area (Å²) in [4.78, 5) is 0. The van der Waals surface area contributed by atoms with Crippen LogP contribution in [0.25, 0.3) is 6.08 Å². The van der Waals surface area contributed by atoms with Gasteiger partial charge >= 0.3 is 0 Å². The van der Waals surface area contributed by atoms with E-state index in [9.17, 15) is 8.78 Å². The van der Waals surface area contributed by atoms with Gasteiger partial charge in [0.2, 0.25) is 0 Å². The molecule has 0 aliphatic carbocycles. The summed E-state index contributed by atoms with van der Waals surface area (Å²) in [6, 6.07) is 3.51. The Bertz CT molecular complexity index is 371. The highest BCUT2D eigenvalue weighted by Crippen LogP contribution is 2.09. The van der Waals surface area contributed by atoms with Gasteiger partial charge in [-0.15, -0.1) is 0 Å². The van der Waals surface area contributed by atoms with Gasteiger partial charge in [-0.05, 0) is 51.4 Å². The van der Waals surface area contributed by atoms with Crippen LogP contribution in [-0.2, 0) is 0 Å². The van der Waals surface area contributed by atoms with Crippen molar-refractivity contribution in [3.8, 4) is 0 Å². The van der Waals surface area contributed by atoms with E-state index in [2.05, 4.69) is 26.1 Å². The maximum atomic E-state index is 12.9. The van der Waals surface area contributed by atoms with Crippen LogP contribution in [0.4, 0.5) is 8.78 Å². The van der Waals surface area contributed by atoms with Crippen molar-refractivity contribution in [1.82, 2.24) is 5.32 Å². The lowest BCUT2D eigenvalue weighted by Crippen LogP contribution is -2.36. The van der Waals surface area contributed by atoms with Crippen molar-refractivity contribution < 1.29 is 8.78 Å². The number of nitrogens with one attached hydrogen (secondary N) is 1. The number of benzene rings is 1. The maximum Gasteiger partial charge on any atom is 0.126 e. The quantitative estimate of drug-likeness (QED) is 0.789. The Morgan fingerprint density at radius 2 is 1.71 bits per heavy atom. The summed E-state index contributed by atoms with van der Waals surface area (Å²) >= 11 is 0. The Kier molecular flexibility index (Phi) is 4.82. The van der Waals surface area contributed by atoms with E-state index in [1.165, 1.54) is 12.1 Å². The summed E-state index contributed by atoms with van der Waals surface area (Å²) in [5.41, 5.74) is 0.650. The zero-order valence-electron chi connectivity index (χ0n) is 10.6. The van der Waals surface area contributed by atoms with Crippen LogP contribution >= 0.6 is 0 Å². The first-order chi connectivity index (χ1) is 7.87. The summed E-state index contributed by atoms with van der Waals surface area (Å²) < 4.78 is 25.7. The third-order valence-electron chi connectivity index (χ3n) is 2.16. The van der Waals surface area contributed by atoms with Crippen molar-refractivity contribution in [3.63, 3.8) is 0 Å². The fourth-order valence-electron chi connectivity index (χ4n) is 1.42. The van der Waals surface area contributed by atoms with Crippen LogP contribution in [0.15, 0.2) is 24.3 Å². The van der Waals surface area contributed by atoms with Gasteiger partial charge in [0, 0.05) is 11.6 Å². The molecule has 0 bridgehead atoms. The topological polar surface area (TPSA) is 12.0 Å². The molecule has 0 fully saturated rings. The van der Waals surface area contributed by atoms with Crippen molar-refractivity contribution >= 4 is 6.08 Å². The zero-order chi connectivity index (χ0) is 12.9. The molecular formula is C14H19F2N. The monoisotopic (exact) mass is 239 g/mol. The normalized spacial score (nSPS) is 12.3. The lowest BCUT2D eigenvalue weighted by atomic mass is 10.1. The first-order valence-electron chi connectivity index (χ1n) is 5.74. The predicted octanol–water partition coefficient (Wildman–Crippen LogP) is 3.76. The molecule has 1 nitrogen and oxygen atoms in total. The van der Waals surface area contributed by atoms with E-state index in [0.717, 1.165) is 19.0 Å². The number of hydrogen-bond donors (Lipinski definition) is 1. The van der Waals surface area contributed by atoms with Gasteiger partial charge in [0.15, 0.2) is 0 Å². The van der Waals surface area contributed by atoms with Gasteiger partial charge in [-0.25, -0.2) is 8.78 Å². The van der Waals surface area contributed by atoms with Gasteiger partial charge in [0.1, 0.15) is 11.6 Å². The van der Waals surface area contributed by atoms with Gasteiger partial charge in [-0.3, -0.25) is 0 Å². The molecule has 0 saturated heterocycles. The van der Waals surface area contributed by atoms with Crippen LogP contribution in [-0.4, -0.2) is 12.1 Å². The van der Waals surface area contributed by atoms with Gasteiger partial charge in [0.25, 0.3) is 0 Å². The van der Waals surface area contributed by atoms with Gasteiger partial charge in [0.05, 0.1) is 0 Å². The van der Waals surface area contributed by atoms with Crippen molar-refractivity contribution in [1.29, 1.82) is 0 Å². The molecule has 0 aromatic heterocycles. The van der Waals surface area contributed by atoms with Crippen LogP contribution in [0.1, 0.15) is 32.8 Å². The minimum Gasteiger partial charge on any atom is -0.312 e. The predicted molar refractivity (Wildman–Crippen MR) is 67.8 cm³/mol. The third kappa shape index (κ3) is 6.17. The van der Waals surface area contributed by atoms with Crippen LogP contribution in [0, 0.1) is 11.6 Å². The summed E-state index contributed by atoms with van der Waals surface area (Å²) in [6.07, 6.45) is 4.47. The molecular weight excluding hydrogens is 220 g/mol. The molecule has 94 valence electrons. The molecule has 0 unspecified atom stereocenters. The Morgan fingerprint density at radius 1 is 1.12 bits per heavy atom. The van der Waals surface area contributed by atoms with E-state index < -0.39 is 11.6 Å². The first-order valence-corrected chi connectivity index (χ1v) is 5.74. The Hall–Kier alpha value is -1.22. The average molecular weight is 239 g/mol. The Morgan fingerprint density at radius 3 is 2.24 bits per heavy atom. The fourth-order valence-corrected chi connectivity index (χ4v) is 1.42. The van der Waals surface area contributed by atoms with Gasteiger partial charge < -0.3 is 5.32 Å². The van der Waals surface area contributed by atoms with Crippen LogP contribution in [0.5, 0.6) is 0 Å². The van der Waals surface area contributed by atoms with E-state index in [1.54, 1.807) is 6.08 Å². The summed E-state index contributed by atoms with van der Waals surface area (Å²) in [6.45, 7) is 7.13. The first kappa shape index (κ1) is 13.8. The van der Waals surface area contributed by atoms with Gasteiger partial charge in [-0.2, -0.15) is 0 Å². The van der Waals surface area contributed by atoms with Crippen molar-refractivity contribution in [3.05, 3.63) is 41.5 Å². The highest BCUT2D eigenvalue weighted by molar-refractivity contribution is 5.49. The molecule has 1 aromatic rings. The highest BCUT2D eigenvalue weighted by atomic mass is 19.1. The van der Waals surface area contributed by atoms with E-state index >= 15 is 0 Å². The fraction of sp³-hybridized carbons (Fsp3) is 0.429. The Balaban J connectivity index is 2.43. The lowest BCUT2D eigenvalue weighted by Gasteiger charge is -2.19. The molecule has 0 atom stereocenters. The minimum atomic E-state index is -0.544. The van der Waals surface area contributed by atoms with Crippen LogP contribution in [0.3, 0.4) is 0 Å². The maximum absolute atomic E-state index is 12.9. The molecule has 0 radical (unpaired) electrons. The largest absolute Gasteiger partial charge is 0.312 e. The van der Waals surface area contributed by atoms with Crippen molar-refractivity contribution in [2.45, 2.75) is 32.7 Å². The molecule has 1 N–H and O–H groups in total. The van der Waals surface area contributed by atoms with E-state index in [-0.39, 0.29) is 5.54 Å². The van der Waals surface area contributed by atoms with E-state index in [0.29, 0.717) is 5.56 Å². The Labute approximate surface area is 102 Å². The number of halogens is 2. The second kappa shape index (κ2) is 5.92. The molecule has 0 spiro atoms. The molecule has 0 amide bonds.